The monoisotopic (exact) mass is 303 g/mol. The molecular formula is C14H22ClNO2S. The van der Waals surface area contributed by atoms with E-state index in [0.717, 1.165) is 23.1 Å². The average Bonchev–Trinajstić information content (AvgIpc) is 2.35. The molecule has 1 aromatic rings. The van der Waals surface area contributed by atoms with Crippen LogP contribution in [0.25, 0.3) is 0 Å². The first-order valence-electron chi connectivity index (χ1n) is 6.54. The fourth-order valence-electron chi connectivity index (χ4n) is 2.13. The highest BCUT2D eigenvalue weighted by Gasteiger charge is 2.24. The second-order valence-corrected chi connectivity index (χ2v) is 6.85. The molecule has 0 aliphatic heterocycles. The van der Waals surface area contributed by atoms with Crippen molar-refractivity contribution in [2.45, 2.75) is 44.9 Å². The molecule has 0 aliphatic carbocycles. The summed E-state index contributed by atoms with van der Waals surface area (Å²) in [7, 11) is -3.42. The second-order valence-electron chi connectivity index (χ2n) is 4.67. The van der Waals surface area contributed by atoms with Crippen molar-refractivity contribution in [3.05, 3.63) is 28.8 Å². The number of halogens is 1. The van der Waals surface area contributed by atoms with Gasteiger partial charge in [0.15, 0.2) is 0 Å². The molecule has 0 spiro atoms. The van der Waals surface area contributed by atoms with E-state index in [1.54, 1.807) is 6.07 Å². The van der Waals surface area contributed by atoms with Gasteiger partial charge in [0.05, 0.1) is 4.90 Å². The Morgan fingerprint density at radius 1 is 1.16 bits per heavy atom. The van der Waals surface area contributed by atoms with E-state index in [4.69, 9.17) is 11.6 Å². The summed E-state index contributed by atoms with van der Waals surface area (Å²) in [4.78, 5) is 0.379. The Morgan fingerprint density at radius 3 is 2.26 bits per heavy atom. The summed E-state index contributed by atoms with van der Waals surface area (Å²) in [6.07, 6.45) is 0.806. The van der Waals surface area contributed by atoms with E-state index in [2.05, 4.69) is 0 Å². The van der Waals surface area contributed by atoms with Crippen molar-refractivity contribution in [1.29, 1.82) is 0 Å². The molecule has 0 unspecified atom stereocenters. The molecule has 0 aromatic heterocycles. The number of benzene rings is 1. The third-order valence-electron chi connectivity index (χ3n) is 3.22. The predicted molar refractivity (Wildman–Crippen MR) is 80.2 cm³/mol. The standard InChI is InChI=1S/C14H22ClNO2S/c1-5-7-16(6-2)19(17,18)14-9-13(10-15)11(3)8-12(14)4/h8-9H,5-7,10H2,1-4H3. The molecule has 1 aromatic carbocycles. The van der Waals surface area contributed by atoms with Gasteiger partial charge >= 0.3 is 0 Å². The van der Waals surface area contributed by atoms with Gasteiger partial charge in [-0.3, -0.25) is 0 Å². The maximum Gasteiger partial charge on any atom is 0.243 e. The quantitative estimate of drug-likeness (QED) is 0.755. The smallest absolute Gasteiger partial charge is 0.207 e. The third kappa shape index (κ3) is 3.50. The molecule has 108 valence electrons. The van der Waals surface area contributed by atoms with Crippen molar-refractivity contribution >= 4 is 21.6 Å². The van der Waals surface area contributed by atoms with Crippen LogP contribution in [0.15, 0.2) is 17.0 Å². The Labute approximate surface area is 121 Å². The lowest BCUT2D eigenvalue weighted by Gasteiger charge is -2.21. The van der Waals surface area contributed by atoms with Crippen LogP contribution >= 0.6 is 11.6 Å². The van der Waals surface area contributed by atoms with Crippen molar-refractivity contribution in [3.8, 4) is 0 Å². The highest BCUT2D eigenvalue weighted by molar-refractivity contribution is 7.89. The number of hydrogen-bond donors (Lipinski definition) is 0. The first-order chi connectivity index (χ1) is 8.88. The summed E-state index contributed by atoms with van der Waals surface area (Å²) >= 11 is 5.87. The third-order valence-corrected chi connectivity index (χ3v) is 5.63. The number of hydrogen-bond acceptors (Lipinski definition) is 2. The summed E-state index contributed by atoms with van der Waals surface area (Å²) < 4.78 is 26.8. The SMILES string of the molecule is CCCN(CC)S(=O)(=O)c1cc(CCl)c(C)cc1C. The van der Waals surface area contributed by atoms with Crippen LogP contribution in [0.4, 0.5) is 0 Å². The molecular weight excluding hydrogens is 282 g/mol. The van der Waals surface area contributed by atoms with E-state index in [1.165, 1.54) is 4.31 Å². The van der Waals surface area contributed by atoms with Crippen LogP contribution in [0.2, 0.25) is 0 Å². The van der Waals surface area contributed by atoms with E-state index >= 15 is 0 Å². The highest BCUT2D eigenvalue weighted by Crippen LogP contribution is 2.24. The zero-order chi connectivity index (χ0) is 14.6. The molecule has 0 fully saturated rings. The van der Waals surface area contributed by atoms with E-state index < -0.39 is 10.0 Å². The van der Waals surface area contributed by atoms with E-state index in [1.807, 2.05) is 33.8 Å². The predicted octanol–water partition coefficient (Wildman–Crippen LogP) is 3.46. The molecule has 0 radical (unpaired) electrons. The second kappa shape index (κ2) is 6.73. The van der Waals surface area contributed by atoms with E-state index in [-0.39, 0.29) is 0 Å². The van der Waals surface area contributed by atoms with Gasteiger partial charge in [0, 0.05) is 19.0 Å². The fourth-order valence-corrected chi connectivity index (χ4v) is 4.22. The van der Waals surface area contributed by atoms with Crippen molar-refractivity contribution in [2.75, 3.05) is 13.1 Å². The Kier molecular flexibility index (Phi) is 5.83. The van der Waals surface area contributed by atoms with Gasteiger partial charge in [-0.1, -0.05) is 19.9 Å². The van der Waals surface area contributed by atoms with Gasteiger partial charge in [-0.05, 0) is 43.0 Å². The normalized spacial score (nSPS) is 12.1. The summed E-state index contributed by atoms with van der Waals surface area (Å²) in [6, 6.07) is 3.61. The molecule has 5 heteroatoms. The topological polar surface area (TPSA) is 37.4 Å². The number of rotatable bonds is 6. The van der Waals surface area contributed by atoms with Crippen LogP contribution in [0, 0.1) is 13.8 Å². The molecule has 0 atom stereocenters. The van der Waals surface area contributed by atoms with Gasteiger partial charge in [-0.2, -0.15) is 4.31 Å². The summed E-state index contributed by atoms with van der Waals surface area (Å²) in [5.41, 5.74) is 2.68. The van der Waals surface area contributed by atoms with Gasteiger partial charge < -0.3 is 0 Å². The number of aryl methyl sites for hydroxylation is 2. The lowest BCUT2D eigenvalue weighted by Crippen LogP contribution is -2.32. The Balaban J connectivity index is 3.35. The first-order valence-corrected chi connectivity index (χ1v) is 8.52. The van der Waals surface area contributed by atoms with Crippen LogP contribution in [-0.2, 0) is 15.9 Å². The molecule has 0 saturated heterocycles. The zero-order valence-electron chi connectivity index (χ0n) is 12.0. The maximum atomic E-state index is 12.6. The van der Waals surface area contributed by atoms with Crippen LogP contribution in [-0.4, -0.2) is 25.8 Å². The molecule has 19 heavy (non-hydrogen) atoms. The van der Waals surface area contributed by atoms with Gasteiger partial charge in [0.1, 0.15) is 0 Å². The number of sulfonamides is 1. The minimum absolute atomic E-state index is 0.328. The molecule has 0 N–H and O–H groups in total. The largest absolute Gasteiger partial charge is 0.243 e. The van der Waals surface area contributed by atoms with Gasteiger partial charge in [0.2, 0.25) is 10.0 Å². The highest BCUT2D eigenvalue weighted by atomic mass is 35.5. The molecule has 0 saturated carbocycles. The maximum absolute atomic E-state index is 12.6. The average molecular weight is 304 g/mol. The fraction of sp³-hybridized carbons (Fsp3) is 0.571. The molecule has 0 heterocycles. The molecule has 0 aliphatic rings. The minimum Gasteiger partial charge on any atom is -0.207 e. The van der Waals surface area contributed by atoms with Crippen molar-refractivity contribution in [3.63, 3.8) is 0 Å². The van der Waals surface area contributed by atoms with Crippen molar-refractivity contribution in [1.82, 2.24) is 4.31 Å². The molecule has 3 nitrogen and oxygen atoms in total. The van der Waals surface area contributed by atoms with Crippen LogP contribution in [0.1, 0.15) is 37.0 Å². The van der Waals surface area contributed by atoms with Crippen LogP contribution < -0.4 is 0 Å². The lowest BCUT2D eigenvalue weighted by molar-refractivity contribution is 0.426. The molecule has 1 rings (SSSR count). The van der Waals surface area contributed by atoms with E-state index in [9.17, 15) is 8.42 Å². The van der Waals surface area contributed by atoms with Crippen molar-refractivity contribution < 1.29 is 8.42 Å². The first kappa shape index (κ1) is 16.5. The lowest BCUT2D eigenvalue weighted by atomic mass is 10.1. The van der Waals surface area contributed by atoms with E-state index in [0.29, 0.717) is 23.9 Å². The number of alkyl halides is 1. The molecule has 0 amide bonds. The Bertz CT molecular complexity index is 541. The van der Waals surface area contributed by atoms with Crippen LogP contribution in [0.3, 0.4) is 0 Å². The van der Waals surface area contributed by atoms with Gasteiger partial charge in [-0.25, -0.2) is 8.42 Å². The minimum atomic E-state index is -3.42. The van der Waals surface area contributed by atoms with Gasteiger partial charge in [-0.15, -0.1) is 11.6 Å². The van der Waals surface area contributed by atoms with Gasteiger partial charge in [0.25, 0.3) is 0 Å². The Hall–Kier alpha value is -0.580. The summed E-state index contributed by atoms with van der Waals surface area (Å²) in [6.45, 7) is 8.65. The Morgan fingerprint density at radius 2 is 1.79 bits per heavy atom. The summed E-state index contributed by atoms with van der Waals surface area (Å²) in [5, 5.41) is 0. The summed E-state index contributed by atoms with van der Waals surface area (Å²) in [5.74, 6) is 0.328. The molecule has 0 bridgehead atoms. The zero-order valence-corrected chi connectivity index (χ0v) is 13.6. The van der Waals surface area contributed by atoms with Crippen LogP contribution in [0.5, 0.6) is 0 Å². The number of nitrogens with zero attached hydrogens (tertiary/aromatic N) is 1. The van der Waals surface area contributed by atoms with Crippen molar-refractivity contribution in [2.24, 2.45) is 0 Å².